The zero-order valence-corrected chi connectivity index (χ0v) is 15.8. The van der Waals surface area contributed by atoms with Gasteiger partial charge in [-0.15, -0.1) is 11.3 Å². The maximum atomic E-state index is 13.0. The SMILES string of the molecule is Cc1cccc(C(=O)N2CC[C@@H]3[C@H]2CCC(=O)N3Cc2csc(C)n2)n1. The largest absolute Gasteiger partial charge is 0.332 e. The number of piperidine rings is 1. The van der Waals surface area contributed by atoms with Gasteiger partial charge in [0.25, 0.3) is 5.91 Å². The average molecular weight is 370 g/mol. The minimum atomic E-state index is -0.0278. The smallest absolute Gasteiger partial charge is 0.272 e. The molecule has 0 spiro atoms. The average Bonchev–Trinajstić information content (AvgIpc) is 3.23. The molecular formula is C19H22N4O2S. The van der Waals surface area contributed by atoms with E-state index in [0.717, 1.165) is 29.2 Å². The molecule has 136 valence electrons. The Hall–Kier alpha value is -2.28. The fourth-order valence-electron chi connectivity index (χ4n) is 4.07. The molecule has 2 fully saturated rings. The second kappa shape index (κ2) is 6.79. The van der Waals surface area contributed by atoms with Crippen LogP contribution in [0.1, 0.15) is 46.1 Å². The molecule has 2 saturated heterocycles. The van der Waals surface area contributed by atoms with Crippen molar-refractivity contribution < 1.29 is 9.59 Å². The number of thiazole rings is 1. The van der Waals surface area contributed by atoms with Gasteiger partial charge >= 0.3 is 0 Å². The number of fused-ring (bicyclic) bond motifs is 1. The Morgan fingerprint density at radius 2 is 2.08 bits per heavy atom. The van der Waals surface area contributed by atoms with Crippen LogP contribution in [-0.4, -0.2) is 50.2 Å². The summed E-state index contributed by atoms with van der Waals surface area (Å²) < 4.78 is 0. The van der Waals surface area contributed by atoms with Gasteiger partial charge in [0.15, 0.2) is 0 Å². The predicted molar refractivity (Wildman–Crippen MR) is 98.8 cm³/mol. The second-order valence-electron chi connectivity index (χ2n) is 7.00. The molecule has 26 heavy (non-hydrogen) atoms. The van der Waals surface area contributed by atoms with Gasteiger partial charge in [0.1, 0.15) is 5.69 Å². The van der Waals surface area contributed by atoms with Crippen molar-refractivity contribution in [3.63, 3.8) is 0 Å². The lowest BCUT2D eigenvalue weighted by Crippen LogP contribution is -2.52. The van der Waals surface area contributed by atoms with Crippen LogP contribution in [0.15, 0.2) is 23.6 Å². The zero-order valence-electron chi connectivity index (χ0n) is 15.0. The number of hydrogen-bond acceptors (Lipinski definition) is 5. The molecule has 0 radical (unpaired) electrons. The van der Waals surface area contributed by atoms with Crippen LogP contribution in [0, 0.1) is 13.8 Å². The van der Waals surface area contributed by atoms with E-state index in [9.17, 15) is 9.59 Å². The molecule has 0 aliphatic carbocycles. The highest BCUT2D eigenvalue weighted by Gasteiger charge is 2.45. The number of nitrogens with zero attached hydrogens (tertiary/aromatic N) is 4. The maximum absolute atomic E-state index is 13.0. The van der Waals surface area contributed by atoms with E-state index in [-0.39, 0.29) is 23.9 Å². The molecule has 2 aromatic heterocycles. The van der Waals surface area contributed by atoms with Crippen molar-refractivity contribution in [1.29, 1.82) is 0 Å². The summed E-state index contributed by atoms with van der Waals surface area (Å²) in [5.41, 5.74) is 2.27. The van der Waals surface area contributed by atoms with Crippen LogP contribution in [0.5, 0.6) is 0 Å². The van der Waals surface area contributed by atoms with Crippen molar-refractivity contribution in [3.05, 3.63) is 45.7 Å². The molecule has 0 bridgehead atoms. The monoisotopic (exact) mass is 370 g/mol. The van der Waals surface area contributed by atoms with Gasteiger partial charge in [0.2, 0.25) is 5.91 Å². The molecule has 0 saturated carbocycles. The molecule has 0 N–H and O–H groups in total. The molecule has 0 unspecified atom stereocenters. The van der Waals surface area contributed by atoms with E-state index in [0.29, 0.717) is 25.2 Å². The molecule has 0 aromatic carbocycles. The van der Waals surface area contributed by atoms with Crippen molar-refractivity contribution in [2.75, 3.05) is 6.54 Å². The maximum Gasteiger partial charge on any atom is 0.272 e. The van der Waals surface area contributed by atoms with Crippen LogP contribution in [0.2, 0.25) is 0 Å². The van der Waals surface area contributed by atoms with Crippen molar-refractivity contribution in [2.24, 2.45) is 0 Å². The molecule has 6 nitrogen and oxygen atoms in total. The number of aryl methyl sites for hydroxylation is 2. The molecule has 2 atom stereocenters. The number of hydrogen-bond donors (Lipinski definition) is 0. The van der Waals surface area contributed by atoms with Crippen molar-refractivity contribution >= 4 is 23.2 Å². The van der Waals surface area contributed by atoms with E-state index in [1.807, 2.05) is 41.2 Å². The van der Waals surface area contributed by atoms with Gasteiger partial charge < -0.3 is 9.80 Å². The highest BCUT2D eigenvalue weighted by molar-refractivity contribution is 7.09. The quantitative estimate of drug-likeness (QED) is 0.833. The third-order valence-corrected chi connectivity index (χ3v) is 6.07. The van der Waals surface area contributed by atoms with E-state index in [1.54, 1.807) is 17.4 Å². The van der Waals surface area contributed by atoms with Gasteiger partial charge in [-0.1, -0.05) is 6.07 Å². The topological polar surface area (TPSA) is 66.4 Å². The van der Waals surface area contributed by atoms with Gasteiger partial charge in [0.05, 0.1) is 29.3 Å². The first-order valence-corrected chi connectivity index (χ1v) is 9.86. The summed E-state index contributed by atoms with van der Waals surface area (Å²) in [7, 11) is 0. The Kier molecular flexibility index (Phi) is 4.48. The number of likely N-dealkylation sites (tertiary alicyclic amines) is 2. The lowest BCUT2D eigenvalue weighted by Gasteiger charge is -2.39. The third-order valence-electron chi connectivity index (χ3n) is 5.25. The normalized spacial score (nSPS) is 22.6. The molecule has 2 aliphatic heterocycles. The molecule has 2 aromatic rings. The standard InChI is InChI=1S/C19H22N4O2S/c1-12-4-3-5-15(20-12)19(25)22-9-8-17-16(22)6-7-18(24)23(17)10-14-11-26-13(2)21-14/h3-5,11,16-17H,6-10H2,1-2H3/t16-,17-/m1/s1. The molecular weight excluding hydrogens is 348 g/mol. The minimum Gasteiger partial charge on any atom is -0.332 e. The van der Waals surface area contributed by atoms with E-state index in [1.165, 1.54) is 0 Å². The third kappa shape index (κ3) is 3.11. The zero-order chi connectivity index (χ0) is 18.3. The Morgan fingerprint density at radius 1 is 1.23 bits per heavy atom. The number of rotatable bonds is 3. The Bertz CT molecular complexity index is 850. The van der Waals surface area contributed by atoms with Gasteiger partial charge in [0, 0.05) is 24.0 Å². The highest BCUT2D eigenvalue weighted by Crippen LogP contribution is 2.33. The molecule has 4 rings (SSSR count). The Balaban J connectivity index is 1.54. The summed E-state index contributed by atoms with van der Waals surface area (Å²) in [6.45, 7) is 5.07. The number of pyridine rings is 1. The number of carbonyl (C=O) groups excluding carboxylic acids is 2. The van der Waals surface area contributed by atoms with E-state index < -0.39 is 0 Å². The van der Waals surface area contributed by atoms with Crippen molar-refractivity contribution in [1.82, 2.24) is 19.8 Å². The summed E-state index contributed by atoms with van der Waals surface area (Å²) in [5.74, 6) is 0.139. The summed E-state index contributed by atoms with van der Waals surface area (Å²) in [6.07, 6.45) is 2.03. The highest BCUT2D eigenvalue weighted by atomic mass is 32.1. The Labute approximate surface area is 156 Å². The first kappa shape index (κ1) is 17.1. The fraction of sp³-hybridized carbons (Fsp3) is 0.474. The second-order valence-corrected chi connectivity index (χ2v) is 8.07. The van der Waals surface area contributed by atoms with Crippen LogP contribution in [-0.2, 0) is 11.3 Å². The Morgan fingerprint density at radius 3 is 2.81 bits per heavy atom. The minimum absolute atomic E-state index is 0.0278. The first-order valence-electron chi connectivity index (χ1n) is 8.98. The molecule has 2 amide bonds. The van der Waals surface area contributed by atoms with Crippen LogP contribution in [0.4, 0.5) is 0 Å². The molecule has 4 heterocycles. The summed E-state index contributed by atoms with van der Waals surface area (Å²) >= 11 is 1.60. The van der Waals surface area contributed by atoms with Crippen LogP contribution in [0.25, 0.3) is 0 Å². The van der Waals surface area contributed by atoms with Crippen molar-refractivity contribution in [2.45, 2.75) is 51.7 Å². The summed E-state index contributed by atoms with van der Waals surface area (Å²) in [4.78, 5) is 38.2. The number of aromatic nitrogens is 2. The van der Waals surface area contributed by atoms with Crippen LogP contribution >= 0.6 is 11.3 Å². The van der Waals surface area contributed by atoms with E-state index >= 15 is 0 Å². The lowest BCUT2D eigenvalue weighted by atomic mass is 9.96. The predicted octanol–water partition coefficient (Wildman–Crippen LogP) is 2.56. The van der Waals surface area contributed by atoms with Crippen LogP contribution in [0.3, 0.4) is 0 Å². The molecule has 7 heteroatoms. The van der Waals surface area contributed by atoms with Gasteiger partial charge in [-0.25, -0.2) is 9.97 Å². The number of amides is 2. The van der Waals surface area contributed by atoms with Crippen molar-refractivity contribution in [3.8, 4) is 0 Å². The number of carbonyl (C=O) groups is 2. The fourth-order valence-corrected chi connectivity index (χ4v) is 4.68. The van der Waals surface area contributed by atoms with Gasteiger partial charge in [-0.05, 0) is 38.8 Å². The van der Waals surface area contributed by atoms with Gasteiger partial charge in [-0.2, -0.15) is 0 Å². The lowest BCUT2D eigenvalue weighted by molar-refractivity contribution is -0.138. The van der Waals surface area contributed by atoms with Gasteiger partial charge in [-0.3, -0.25) is 9.59 Å². The van der Waals surface area contributed by atoms with E-state index in [4.69, 9.17) is 0 Å². The summed E-state index contributed by atoms with van der Waals surface area (Å²) in [5, 5.41) is 3.02. The van der Waals surface area contributed by atoms with Crippen LogP contribution < -0.4 is 0 Å². The summed E-state index contributed by atoms with van der Waals surface area (Å²) in [6, 6.07) is 5.67. The molecule has 2 aliphatic rings. The van der Waals surface area contributed by atoms with E-state index in [2.05, 4.69) is 9.97 Å². The first-order chi connectivity index (χ1) is 12.5.